The van der Waals surface area contributed by atoms with Gasteiger partial charge in [0.05, 0.1) is 5.56 Å². The second-order valence-electron chi connectivity index (χ2n) is 5.96. The summed E-state index contributed by atoms with van der Waals surface area (Å²) in [5.41, 5.74) is 0.354. The topological polar surface area (TPSA) is 110 Å². The van der Waals surface area contributed by atoms with E-state index in [-0.39, 0.29) is 13.0 Å². The summed E-state index contributed by atoms with van der Waals surface area (Å²) in [5.74, 6) is -2.89. The highest BCUT2D eigenvalue weighted by Crippen LogP contribution is 2.16. The van der Waals surface area contributed by atoms with Crippen LogP contribution in [-0.2, 0) is 26.0 Å². The van der Waals surface area contributed by atoms with Crippen molar-refractivity contribution in [3.05, 3.63) is 35.4 Å². The molecule has 0 aliphatic rings. The smallest absolute Gasteiger partial charge is 0.338 e. The minimum Gasteiger partial charge on any atom is -0.480 e. The van der Waals surface area contributed by atoms with Crippen molar-refractivity contribution in [1.82, 2.24) is 4.72 Å². The molecular formula is C15H21NO6S. The highest BCUT2D eigenvalue weighted by Gasteiger charge is 2.20. The standard InChI is InChI=1S/C15H21NO6S/c1-15(2,3)22-14(19)12-7-5-4-6-11(12)8-9-16-23(20,21)10-13(17)18/h4-7,16H,8-10H2,1-3H3,(H,17,18). The number of aliphatic carboxylic acids is 1. The number of carbonyl (C=O) groups is 2. The minimum absolute atomic E-state index is 0.00454. The van der Waals surface area contributed by atoms with Crippen LogP contribution in [0.5, 0.6) is 0 Å². The van der Waals surface area contributed by atoms with Crippen LogP contribution in [0.2, 0.25) is 0 Å². The van der Waals surface area contributed by atoms with Crippen molar-refractivity contribution in [3.63, 3.8) is 0 Å². The lowest BCUT2D eigenvalue weighted by Crippen LogP contribution is -2.31. The highest BCUT2D eigenvalue weighted by atomic mass is 32.2. The Morgan fingerprint density at radius 2 is 1.83 bits per heavy atom. The number of benzene rings is 1. The van der Waals surface area contributed by atoms with Crippen molar-refractivity contribution in [2.24, 2.45) is 0 Å². The lowest BCUT2D eigenvalue weighted by Gasteiger charge is -2.20. The van der Waals surface area contributed by atoms with Gasteiger partial charge in [-0.1, -0.05) is 18.2 Å². The molecule has 23 heavy (non-hydrogen) atoms. The molecule has 0 heterocycles. The molecule has 0 spiro atoms. The Labute approximate surface area is 135 Å². The van der Waals surface area contributed by atoms with Gasteiger partial charge in [-0.25, -0.2) is 17.9 Å². The number of carboxylic acids is 1. The molecule has 7 nitrogen and oxygen atoms in total. The van der Waals surface area contributed by atoms with Crippen LogP contribution in [0.3, 0.4) is 0 Å². The summed E-state index contributed by atoms with van der Waals surface area (Å²) in [4.78, 5) is 22.6. The van der Waals surface area contributed by atoms with Crippen LogP contribution in [0.1, 0.15) is 36.7 Å². The van der Waals surface area contributed by atoms with Crippen LogP contribution >= 0.6 is 0 Å². The number of carboxylic acid groups (broad SMARTS) is 1. The van der Waals surface area contributed by atoms with Gasteiger partial charge in [0.25, 0.3) is 0 Å². The predicted octanol–water partition coefficient (Wildman–Crippen LogP) is 1.19. The van der Waals surface area contributed by atoms with E-state index in [2.05, 4.69) is 4.72 Å². The Morgan fingerprint density at radius 3 is 2.39 bits per heavy atom. The highest BCUT2D eigenvalue weighted by molar-refractivity contribution is 7.90. The molecule has 1 aromatic rings. The van der Waals surface area contributed by atoms with Gasteiger partial charge in [-0.05, 0) is 38.8 Å². The van der Waals surface area contributed by atoms with Gasteiger partial charge in [0, 0.05) is 6.54 Å². The van der Waals surface area contributed by atoms with E-state index in [1.807, 2.05) is 0 Å². The Kier molecular flexibility index (Phi) is 6.28. The quantitative estimate of drug-likeness (QED) is 0.720. The van der Waals surface area contributed by atoms with Crippen molar-refractivity contribution >= 4 is 22.0 Å². The normalized spacial score (nSPS) is 12.0. The molecule has 128 valence electrons. The molecule has 0 saturated heterocycles. The van der Waals surface area contributed by atoms with Crippen molar-refractivity contribution < 1.29 is 27.9 Å². The zero-order chi connectivity index (χ0) is 17.7. The number of carbonyl (C=O) groups excluding carboxylic acids is 1. The van der Waals surface area contributed by atoms with Crippen molar-refractivity contribution in [3.8, 4) is 0 Å². The molecule has 0 aromatic heterocycles. The van der Waals surface area contributed by atoms with Gasteiger partial charge in [-0.3, -0.25) is 4.79 Å². The van der Waals surface area contributed by atoms with Crippen LogP contribution in [0.4, 0.5) is 0 Å². The van der Waals surface area contributed by atoms with E-state index in [4.69, 9.17) is 9.84 Å². The average Bonchev–Trinajstić information content (AvgIpc) is 2.35. The second-order valence-corrected chi connectivity index (χ2v) is 7.76. The molecular weight excluding hydrogens is 322 g/mol. The molecule has 1 rings (SSSR count). The van der Waals surface area contributed by atoms with Crippen LogP contribution in [0.15, 0.2) is 24.3 Å². The number of rotatable bonds is 7. The van der Waals surface area contributed by atoms with Gasteiger partial charge in [0.2, 0.25) is 10.0 Å². The summed E-state index contributed by atoms with van der Waals surface area (Å²) in [6, 6.07) is 6.73. The molecule has 8 heteroatoms. The van der Waals surface area contributed by atoms with E-state index < -0.39 is 33.3 Å². The summed E-state index contributed by atoms with van der Waals surface area (Å²) in [6.45, 7) is 5.27. The van der Waals surface area contributed by atoms with Crippen molar-refractivity contribution in [1.29, 1.82) is 0 Å². The van der Waals surface area contributed by atoms with Gasteiger partial charge in [0.1, 0.15) is 5.60 Å². The van der Waals surface area contributed by atoms with Crippen LogP contribution in [0, 0.1) is 0 Å². The molecule has 0 aliphatic carbocycles. The monoisotopic (exact) mass is 343 g/mol. The van der Waals surface area contributed by atoms with Gasteiger partial charge < -0.3 is 9.84 Å². The van der Waals surface area contributed by atoms with E-state index in [1.54, 1.807) is 45.0 Å². The molecule has 2 N–H and O–H groups in total. The summed E-state index contributed by atoms with van der Waals surface area (Å²) in [7, 11) is -3.88. The van der Waals surface area contributed by atoms with E-state index >= 15 is 0 Å². The predicted molar refractivity (Wildman–Crippen MR) is 84.7 cm³/mol. The summed E-state index contributed by atoms with van der Waals surface area (Å²) >= 11 is 0. The summed E-state index contributed by atoms with van der Waals surface area (Å²) in [5, 5.41) is 8.51. The first-order valence-corrected chi connectivity index (χ1v) is 8.66. The largest absolute Gasteiger partial charge is 0.480 e. The maximum Gasteiger partial charge on any atom is 0.338 e. The lowest BCUT2D eigenvalue weighted by molar-refractivity contribution is -0.134. The first kappa shape index (κ1) is 19.1. The summed E-state index contributed by atoms with van der Waals surface area (Å²) in [6.07, 6.45) is 0.244. The zero-order valence-corrected chi connectivity index (χ0v) is 14.1. The number of ether oxygens (including phenoxy) is 1. The average molecular weight is 343 g/mol. The molecule has 0 atom stereocenters. The molecule has 0 aliphatic heterocycles. The Balaban J connectivity index is 2.75. The number of sulfonamides is 1. The number of hydrogen-bond acceptors (Lipinski definition) is 5. The summed E-state index contributed by atoms with van der Waals surface area (Å²) < 4.78 is 30.4. The van der Waals surface area contributed by atoms with Gasteiger partial charge in [-0.2, -0.15) is 0 Å². The molecule has 1 aromatic carbocycles. The van der Waals surface area contributed by atoms with Crippen LogP contribution in [-0.4, -0.2) is 43.4 Å². The zero-order valence-electron chi connectivity index (χ0n) is 13.3. The first-order valence-electron chi connectivity index (χ1n) is 7.00. The second kappa shape index (κ2) is 7.56. The Morgan fingerprint density at radius 1 is 1.22 bits per heavy atom. The molecule has 0 bridgehead atoms. The van der Waals surface area contributed by atoms with E-state index in [1.165, 1.54) is 0 Å². The van der Waals surface area contributed by atoms with Crippen molar-refractivity contribution in [2.75, 3.05) is 12.3 Å². The van der Waals surface area contributed by atoms with E-state index in [0.717, 1.165) is 0 Å². The molecule has 0 radical (unpaired) electrons. The number of hydrogen-bond donors (Lipinski definition) is 2. The third-order valence-electron chi connectivity index (χ3n) is 2.67. The lowest BCUT2D eigenvalue weighted by atomic mass is 10.0. The fraction of sp³-hybridized carbons (Fsp3) is 0.467. The van der Waals surface area contributed by atoms with Crippen LogP contribution < -0.4 is 4.72 Å². The third kappa shape index (κ3) is 7.25. The minimum atomic E-state index is -3.88. The SMILES string of the molecule is CC(C)(C)OC(=O)c1ccccc1CCNS(=O)(=O)CC(=O)O. The Bertz CT molecular complexity index is 675. The number of nitrogens with one attached hydrogen (secondary N) is 1. The first-order chi connectivity index (χ1) is 10.5. The van der Waals surface area contributed by atoms with E-state index in [0.29, 0.717) is 11.1 Å². The fourth-order valence-corrected chi connectivity index (χ4v) is 2.67. The number of esters is 1. The van der Waals surface area contributed by atoms with E-state index in [9.17, 15) is 18.0 Å². The molecule has 0 unspecified atom stereocenters. The van der Waals surface area contributed by atoms with Crippen molar-refractivity contribution in [2.45, 2.75) is 32.8 Å². The Hall–Kier alpha value is -1.93. The van der Waals surface area contributed by atoms with Crippen LogP contribution in [0.25, 0.3) is 0 Å². The third-order valence-corrected chi connectivity index (χ3v) is 3.94. The molecule has 0 amide bonds. The fourth-order valence-electron chi connectivity index (χ4n) is 1.83. The maximum atomic E-state index is 12.1. The van der Waals surface area contributed by atoms with Gasteiger partial charge >= 0.3 is 11.9 Å². The maximum absolute atomic E-state index is 12.1. The van der Waals surface area contributed by atoms with Gasteiger partial charge in [-0.15, -0.1) is 0 Å². The molecule has 0 saturated carbocycles. The van der Waals surface area contributed by atoms with Gasteiger partial charge in [0.15, 0.2) is 5.75 Å². The molecule has 0 fully saturated rings.